The summed E-state index contributed by atoms with van der Waals surface area (Å²) in [5.74, 6) is -0.0846. The molecule has 1 aliphatic heterocycles. The van der Waals surface area contributed by atoms with Gasteiger partial charge in [-0.1, -0.05) is 0 Å². The molecule has 1 amide bonds. The van der Waals surface area contributed by atoms with Crippen molar-refractivity contribution in [3.8, 4) is 0 Å². The average molecular weight is 368 g/mol. The second-order valence-corrected chi connectivity index (χ2v) is 6.83. The molecule has 0 aliphatic carbocycles. The third-order valence-electron chi connectivity index (χ3n) is 4.12. The van der Waals surface area contributed by atoms with Gasteiger partial charge in [-0.15, -0.1) is 0 Å². The summed E-state index contributed by atoms with van der Waals surface area (Å²) in [6, 6.07) is 2.93. The van der Waals surface area contributed by atoms with Crippen molar-refractivity contribution in [2.75, 3.05) is 11.9 Å². The molecule has 0 aromatic carbocycles. The van der Waals surface area contributed by atoms with Crippen molar-refractivity contribution < 1.29 is 9.18 Å². The number of halogens is 1. The number of aliphatic imine (C=N–C) groups is 1. The Bertz CT molecular complexity index is 905. The Morgan fingerprint density at radius 1 is 1.26 bits per heavy atom. The lowest BCUT2D eigenvalue weighted by molar-refractivity contribution is -0.118. The maximum atomic E-state index is 14.0. The molecule has 0 unspecified atom stereocenters. The molecule has 8 heteroatoms. The smallest absolute Gasteiger partial charge is 0.223 e. The first-order valence-electron chi connectivity index (χ1n) is 8.56. The number of rotatable bonds is 6. The molecule has 3 rings (SSSR count). The van der Waals surface area contributed by atoms with Gasteiger partial charge in [-0.3, -0.25) is 14.8 Å². The minimum Gasteiger partial charge on any atom is -0.353 e. The summed E-state index contributed by atoms with van der Waals surface area (Å²) in [5.41, 5.74) is 2.19. The maximum absolute atomic E-state index is 14.0. The van der Waals surface area contributed by atoms with Gasteiger partial charge in [0.05, 0.1) is 11.3 Å². The number of carbonyl (C=O) groups excluding carboxylic acids is 1. The highest BCUT2D eigenvalue weighted by Crippen LogP contribution is 2.24. The zero-order chi connectivity index (χ0) is 19.4. The molecule has 3 heterocycles. The van der Waals surface area contributed by atoms with Crippen LogP contribution in [0.1, 0.15) is 38.4 Å². The van der Waals surface area contributed by atoms with Crippen molar-refractivity contribution in [2.45, 2.75) is 32.7 Å². The van der Waals surface area contributed by atoms with Crippen LogP contribution in [0.25, 0.3) is 0 Å². The highest BCUT2D eigenvalue weighted by atomic mass is 19.1. The number of pyridine rings is 1. The van der Waals surface area contributed by atoms with Crippen LogP contribution in [0.3, 0.4) is 0 Å². The Labute approximate surface area is 156 Å². The monoisotopic (exact) mass is 368 g/mol. The number of carbonyl (C=O) groups is 1. The van der Waals surface area contributed by atoms with Crippen LogP contribution in [-0.4, -0.2) is 33.1 Å². The molecule has 0 radical (unpaired) electrons. The molecule has 27 heavy (non-hydrogen) atoms. The van der Waals surface area contributed by atoms with E-state index in [0.717, 1.165) is 16.8 Å². The van der Waals surface area contributed by atoms with Gasteiger partial charge in [-0.2, -0.15) is 0 Å². The van der Waals surface area contributed by atoms with E-state index in [2.05, 4.69) is 30.6 Å². The molecule has 2 aromatic heterocycles. The molecule has 0 spiro atoms. The SMILES string of the molecule is CC(=O)NCC1=CN=C(c2cnc(NC(C)(C)c3ncccc3F)nc2)C1. The number of aromatic nitrogens is 3. The Morgan fingerprint density at radius 3 is 2.67 bits per heavy atom. The molecule has 0 fully saturated rings. The zero-order valence-electron chi connectivity index (χ0n) is 15.5. The van der Waals surface area contributed by atoms with Crippen molar-refractivity contribution in [1.29, 1.82) is 0 Å². The van der Waals surface area contributed by atoms with E-state index in [-0.39, 0.29) is 11.7 Å². The first-order chi connectivity index (χ1) is 12.8. The third-order valence-corrected chi connectivity index (χ3v) is 4.12. The standard InChI is InChI=1S/C19H21FN6O/c1-12(27)22-8-13-7-16(23-9-13)14-10-24-18(25-11-14)26-19(2,3)17-15(20)5-4-6-21-17/h4-6,9-11H,7-8H2,1-3H3,(H,22,27)(H,24,25,26). The van der Waals surface area contributed by atoms with Gasteiger partial charge in [-0.25, -0.2) is 14.4 Å². The van der Waals surface area contributed by atoms with Gasteiger partial charge in [0.25, 0.3) is 0 Å². The van der Waals surface area contributed by atoms with Crippen LogP contribution < -0.4 is 10.6 Å². The molecule has 2 aromatic rings. The third kappa shape index (κ3) is 4.52. The molecular formula is C19H21FN6O. The molecule has 1 aliphatic rings. The number of hydrogen-bond acceptors (Lipinski definition) is 6. The predicted molar refractivity (Wildman–Crippen MR) is 101 cm³/mol. The minimum absolute atomic E-state index is 0.0740. The molecule has 0 bridgehead atoms. The van der Waals surface area contributed by atoms with Crippen LogP contribution in [0.5, 0.6) is 0 Å². The summed E-state index contributed by atoms with van der Waals surface area (Å²) < 4.78 is 14.0. The highest BCUT2D eigenvalue weighted by Gasteiger charge is 2.26. The molecule has 140 valence electrons. The normalized spacial score (nSPS) is 13.8. The van der Waals surface area contributed by atoms with Crippen LogP contribution in [0.4, 0.5) is 10.3 Å². The van der Waals surface area contributed by atoms with Crippen LogP contribution in [-0.2, 0) is 10.3 Å². The summed E-state index contributed by atoms with van der Waals surface area (Å²) in [6.07, 6.45) is 7.30. The number of amides is 1. The first-order valence-corrected chi connectivity index (χ1v) is 8.56. The van der Waals surface area contributed by atoms with Gasteiger partial charge in [0, 0.05) is 50.2 Å². The number of nitrogens with one attached hydrogen (secondary N) is 2. The molecule has 7 nitrogen and oxygen atoms in total. The van der Waals surface area contributed by atoms with Crippen LogP contribution in [0, 0.1) is 5.82 Å². The summed E-state index contributed by atoms with van der Waals surface area (Å²) in [6.45, 7) is 5.59. The average Bonchev–Trinajstić information content (AvgIpc) is 3.09. The molecule has 0 saturated heterocycles. The lowest BCUT2D eigenvalue weighted by atomic mass is 9.99. The van der Waals surface area contributed by atoms with E-state index in [1.807, 2.05) is 13.8 Å². The second-order valence-electron chi connectivity index (χ2n) is 6.83. The van der Waals surface area contributed by atoms with Gasteiger partial charge in [0.1, 0.15) is 11.5 Å². The molecule has 0 saturated carbocycles. The number of nitrogens with zero attached hydrogens (tertiary/aromatic N) is 4. The van der Waals surface area contributed by atoms with Crippen LogP contribution in [0.15, 0.2) is 47.5 Å². The van der Waals surface area contributed by atoms with E-state index in [4.69, 9.17) is 0 Å². The maximum Gasteiger partial charge on any atom is 0.223 e. The fraction of sp³-hybridized carbons (Fsp3) is 0.316. The van der Waals surface area contributed by atoms with Crippen molar-refractivity contribution >= 4 is 17.6 Å². The molecule has 2 N–H and O–H groups in total. The van der Waals surface area contributed by atoms with Crippen molar-refractivity contribution in [1.82, 2.24) is 20.3 Å². The topological polar surface area (TPSA) is 92.2 Å². The van der Waals surface area contributed by atoms with Gasteiger partial charge in [0.2, 0.25) is 11.9 Å². The minimum atomic E-state index is -0.773. The van der Waals surface area contributed by atoms with Gasteiger partial charge >= 0.3 is 0 Å². The van der Waals surface area contributed by atoms with Crippen LogP contribution >= 0.6 is 0 Å². The zero-order valence-corrected chi connectivity index (χ0v) is 15.5. The van der Waals surface area contributed by atoms with Gasteiger partial charge in [-0.05, 0) is 31.6 Å². The Kier molecular flexibility index (Phi) is 5.25. The summed E-state index contributed by atoms with van der Waals surface area (Å²) in [5, 5.41) is 5.87. The largest absolute Gasteiger partial charge is 0.353 e. The van der Waals surface area contributed by atoms with Crippen molar-refractivity contribution in [3.63, 3.8) is 0 Å². The fourth-order valence-corrected chi connectivity index (χ4v) is 2.72. The van der Waals surface area contributed by atoms with Crippen molar-refractivity contribution in [3.05, 3.63) is 59.6 Å². The Balaban J connectivity index is 1.65. The first kappa shape index (κ1) is 18.6. The Morgan fingerprint density at radius 2 is 2.00 bits per heavy atom. The molecular weight excluding hydrogens is 347 g/mol. The second kappa shape index (κ2) is 7.61. The lowest BCUT2D eigenvalue weighted by Gasteiger charge is -2.25. The summed E-state index contributed by atoms with van der Waals surface area (Å²) in [7, 11) is 0. The van der Waals surface area contributed by atoms with E-state index in [1.165, 1.54) is 13.0 Å². The number of hydrogen-bond donors (Lipinski definition) is 2. The molecule has 0 atom stereocenters. The predicted octanol–water partition coefficient (Wildman–Crippen LogP) is 2.57. The Hall–Kier alpha value is -3.16. The van der Waals surface area contributed by atoms with E-state index < -0.39 is 5.54 Å². The number of anilines is 1. The van der Waals surface area contributed by atoms with Gasteiger partial charge in [0.15, 0.2) is 0 Å². The van der Waals surface area contributed by atoms with Crippen LogP contribution in [0.2, 0.25) is 0 Å². The van der Waals surface area contributed by atoms with Crippen molar-refractivity contribution in [2.24, 2.45) is 4.99 Å². The summed E-state index contributed by atoms with van der Waals surface area (Å²) in [4.78, 5) is 28.1. The van der Waals surface area contributed by atoms with E-state index in [9.17, 15) is 9.18 Å². The van der Waals surface area contributed by atoms with E-state index >= 15 is 0 Å². The van der Waals surface area contributed by atoms with E-state index in [1.54, 1.807) is 30.9 Å². The highest BCUT2D eigenvalue weighted by molar-refractivity contribution is 6.03. The van der Waals surface area contributed by atoms with E-state index in [0.29, 0.717) is 24.6 Å². The summed E-state index contributed by atoms with van der Waals surface area (Å²) >= 11 is 0. The lowest BCUT2D eigenvalue weighted by Crippen LogP contribution is -2.31. The van der Waals surface area contributed by atoms with Gasteiger partial charge < -0.3 is 10.6 Å². The fourth-order valence-electron chi connectivity index (χ4n) is 2.72. The quantitative estimate of drug-likeness (QED) is 0.818.